The Morgan fingerprint density at radius 2 is 0.870 bits per heavy atom. The van der Waals surface area contributed by atoms with Crippen LogP contribution in [0.2, 0.25) is 0 Å². The van der Waals surface area contributed by atoms with Gasteiger partial charge in [0.1, 0.15) is 0 Å². The van der Waals surface area contributed by atoms with Crippen molar-refractivity contribution in [3.05, 3.63) is 60.7 Å². The summed E-state index contributed by atoms with van der Waals surface area (Å²) in [6.07, 6.45) is 0. The van der Waals surface area contributed by atoms with Crippen molar-refractivity contribution < 1.29 is 0 Å². The molecule has 2 aromatic carbocycles. The molecule has 2 aromatic rings. The predicted molar refractivity (Wildman–Crippen MR) is 104 cm³/mol. The summed E-state index contributed by atoms with van der Waals surface area (Å²) in [6.45, 7) is 13.5. The fourth-order valence-electron chi connectivity index (χ4n) is 3.80. The first-order chi connectivity index (χ1) is 11.2. The minimum Gasteiger partial charge on any atom is -0.305 e. The summed E-state index contributed by atoms with van der Waals surface area (Å²) in [7, 11) is -2.14. The molecular formula is C20H30N2Si. The van der Waals surface area contributed by atoms with Crippen molar-refractivity contribution in [3.8, 4) is 0 Å². The second kappa shape index (κ2) is 8.43. The zero-order valence-corrected chi connectivity index (χ0v) is 16.0. The van der Waals surface area contributed by atoms with Gasteiger partial charge in [0.25, 0.3) is 8.40 Å². The molecule has 0 fully saturated rings. The van der Waals surface area contributed by atoms with Crippen LogP contribution >= 0.6 is 0 Å². The molecule has 0 atom stereocenters. The minimum atomic E-state index is -2.14. The van der Waals surface area contributed by atoms with E-state index in [-0.39, 0.29) is 0 Å². The summed E-state index contributed by atoms with van der Waals surface area (Å²) in [5.41, 5.74) is 0. The molecule has 0 saturated carbocycles. The van der Waals surface area contributed by atoms with E-state index in [1.807, 2.05) is 0 Å². The van der Waals surface area contributed by atoms with Gasteiger partial charge in [0.05, 0.1) is 0 Å². The highest BCUT2D eigenvalue weighted by atomic mass is 28.3. The van der Waals surface area contributed by atoms with E-state index in [1.165, 1.54) is 10.4 Å². The second-order valence-electron chi connectivity index (χ2n) is 5.75. The van der Waals surface area contributed by atoms with Crippen molar-refractivity contribution in [1.29, 1.82) is 0 Å². The second-order valence-corrected chi connectivity index (χ2v) is 9.51. The van der Waals surface area contributed by atoms with Crippen LogP contribution in [0.25, 0.3) is 0 Å². The third-order valence-electron chi connectivity index (χ3n) is 4.79. The molecule has 0 aliphatic rings. The Kier molecular flexibility index (Phi) is 6.57. The summed E-state index contributed by atoms with van der Waals surface area (Å²) in [6, 6.07) is 22.3. The van der Waals surface area contributed by atoms with Crippen LogP contribution in [-0.4, -0.2) is 43.7 Å². The van der Waals surface area contributed by atoms with E-state index >= 15 is 0 Å². The van der Waals surface area contributed by atoms with Crippen molar-refractivity contribution >= 4 is 18.8 Å². The first kappa shape index (κ1) is 17.9. The van der Waals surface area contributed by atoms with Crippen molar-refractivity contribution in [2.45, 2.75) is 27.7 Å². The molecule has 0 unspecified atom stereocenters. The van der Waals surface area contributed by atoms with Crippen LogP contribution in [0.4, 0.5) is 0 Å². The molecule has 0 aromatic heterocycles. The average molecular weight is 327 g/mol. The Labute approximate surface area is 142 Å². The lowest BCUT2D eigenvalue weighted by atomic mass is 10.4. The average Bonchev–Trinajstić information content (AvgIpc) is 2.63. The monoisotopic (exact) mass is 326 g/mol. The third-order valence-corrected chi connectivity index (χ3v) is 10.2. The minimum absolute atomic E-state index is 1.07. The molecule has 0 spiro atoms. The number of benzene rings is 2. The van der Waals surface area contributed by atoms with Crippen LogP contribution in [0, 0.1) is 0 Å². The molecule has 0 aliphatic heterocycles. The van der Waals surface area contributed by atoms with Gasteiger partial charge in [-0.1, -0.05) is 88.4 Å². The molecular weight excluding hydrogens is 296 g/mol. The van der Waals surface area contributed by atoms with Crippen LogP contribution < -0.4 is 10.4 Å². The van der Waals surface area contributed by atoms with Gasteiger partial charge in [0, 0.05) is 0 Å². The van der Waals surface area contributed by atoms with Gasteiger partial charge in [-0.05, 0) is 36.6 Å². The van der Waals surface area contributed by atoms with Crippen LogP contribution in [0.1, 0.15) is 27.7 Å². The van der Waals surface area contributed by atoms with Crippen LogP contribution in [0.15, 0.2) is 60.7 Å². The van der Waals surface area contributed by atoms with E-state index in [1.54, 1.807) is 0 Å². The fraction of sp³-hybridized carbons (Fsp3) is 0.400. The van der Waals surface area contributed by atoms with Crippen LogP contribution in [0.3, 0.4) is 0 Å². The molecule has 0 N–H and O–H groups in total. The zero-order valence-electron chi connectivity index (χ0n) is 15.0. The Bertz CT molecular complexity index is 509. The van der Waals surface area contributed by atoms with Gasteiger partial charge in [-0.2, -0.15) is 0 Å². The molecule has 0 saturated heterocycles. The third kappa shape index (κ3) is 3.27. The van der Waals surface area contributed by atoms with E-state index in [0.717, 1.165) is 26.2 Å². The summed E-state index contributed by atoms with van der Waals surface area (Å²) in [5.74, 6) is 0. The van der Waals surface area contributed by atoms with E-state index in [9.17, 15) is 0 Å². The maximum Gasteiger partial charge on any atom is 0.272 e. The standard InChI is InChI=1S/C20H30N2Si/c1-5-21(6-2)23(22(7-3)8-4,19-15-11-9-12-16-19)20-17-13-10-14-18-20/h9-18H,5-8H2,1-4H3. The van der Waals surface area contributed by atoms with Crippen LogP contribution in [-0.2, 0) is 0 Å². The van der Waals surface area contributed by atoms with Gasteiger partial charge in [-0.25, -0.2) is 0 Å². The van der Waals surface area contributed by atoms with E-state index < -0.39 is 8.40 Å². The molecule has 124 valence electrons. The van der Waals surface area contributed by atoms with Crippen LogP contribution in [0.5, 0.6) is 0 Å². The molecule has 0 aliphatic carbocycles. The molecule has 0 amide bonds. The smallest absolute Gasteiger partial charge is 0.272 e. The van der Waals surface area contributed by atoms with Crippen molar-refractivity contribution in [3.63, 3.8) is 0 Å². The molecule has 23 heavy (non-hydrogen) atoms. The normalized spacial score (nSPS) is 12.1. The maximum atomic E-state index is 2.71. The maximum absolute atomic E-state index is 2.71. The Morgan fingerprint density at radius 1 is 0.565 bits per heavy atom. The largest absolute Gasteiger partial charge is 0.305 e. The molecule has 3 heteroatoms. The summed E-state index contributed by atoms with van der Waals surface area (Å²) in [4.78, 5) is 0. The van der Waals surface area contributed by atoms with Crippen molar-refractivity contribution in [2.24, 2.45) is 0 Å². The van der Waals surface area contributed by atoms with E-state index in [4.69, 9.17) is 0 Å². The molecule has 0 radical (unpaired) electrons. The van der Waals surface area contributed by atoms with Gasteiger partial charge >= 0.3 is 0 Å². The Balaban J connectivity index is 2.78. The fourth-order valence-corrected chi connectivity index (χ4v) is 9.14. The Morgan fingerprint density at radius 3 is 1.13 bits per heavy atom. The highest BCUT2D eigenvalue weighted by molar-refractivity contribution is 6.98. The SMILES string of the molecule is CCN(CC)[Si](c1ccccc1)(c1ccccc1)N(CC)CC. The van der Waals surface area contributed by atoms with Gasteiger partial charge in [-0.3, -0.25) is 0 Å². The Hall–Kier alpha value is -1.42. The van der Waals surface area contributed by atoms with Gasteiger partial charge in [-0.15, -0.1) is 0 Å². The van der Waals surface area contributed by atoms with Gasteiger partial charge in [0.15, 0.2) is 0 Å². The number of hydrogen-bond acceptors (Lipinski definition) is 2. The molecule has 2 rings (SSSR count). The highest BCUT2D eigenvalue weighted by Crippen LogP contribution is 2.17. The van der Waals surface area contributed by atoms with Gasteiger partial charge in [0.2, 0.25) is 0 Å². The number of rotatable bonds is 8. The summed E-state index contributed by atoms with van der Waals surface area (Å²) >= 11 is 0. The number of hydrogen-bond donors (Lipinski definition) is 0. The zero-order chi connectivity index (χ0) is 16.7. The first-order valence-electron chi connectivity index (χ1n) is 8.86. The quantitative estimate of drug-likeness (QED) is 0.688. The highest BCUT2D eigenvalue weighted by Gasteiger charge is 2.47. The van der Waals surface area contributed by atoms with E-state index in [2.05, 4.69) is 97.5 Å². The molecule has 2 nitrogen and oxygen atoms in total. The summed E-state index contributed by atoms with van der Waals surface area (Å²) < 4.78 is 5.43. The summed E-state index contributed by atoms with van der Waals surface area (Å²) in [5, 5.41) is 2.97. The van der Waals surface area contributed by atoms with Crippen molar-refractivity contribution in [2.75, 3.05) is 26.2 Å². The lowest BCUT2D eigenvalue weighted by molar-refractivity contribution is 0.373. The van der Waals surface area contributed by atoms with Crippen molar-refractivity contribution in [1.82, 2.24) is 9.13 Å². The van der Waals surface area contributed by atoms with Gasteiger partial charge < -0.3 is 9.13 Å². The lowest BCUT2D eigenvalue weighted by Crippen LogP contribution is -2.79. The molecule has 0 bridgehead atoms. The number of nitrogens with zero attached hydrogens (tertiary/aromatic N) is 2. The molecule has 0 heterocycles. The van der Waals surface area contributed by atoms with E-state index in [0.29, 0.717) is 0 Å². The predicted octanol–water partition coefficient (Wildman–Crippen LogP) is 2.93. The first-order valence-corrected chi connectivity index (χ1v) is 10.8. The topological polar surface area (TPSA) is 6.48 Å². The lowest BCUT2D eigenvalue weighted by Gasteiger charge is -2.48.